The van der Waals surface area contributed by atoms with E-state index in [2.05, 4.69) is 5.32 Å². The van der Waals surface area contributed by atoms with E-state index in [0.29, 0.717) is 25.2 Å². The molecule has 32 heavy (non-hydrogen) atoms. The number of fused-ring (bicyclic) bond motifs is 4. The quantitative estimate of drug-likeness (QED) is 0.766. The van der Waals surface area contributed by atoms with E-state index in [1.54, 1.807) is 21.6 Å². The molecule has 9 heteroatoms. The lowest BCUT2D eigenvalue weighted by Gasteiger charge is -2.42. The van der Waals surface area contributed by atoms with Crippen molar-refractivity contribution in [3.05, 3.63) is 69.6 Å². The second kappa shape index (κ2) is 8.80. The van der Waals surface area contributed by atoms with Crippen LogP contribution in [-0.4, -0.2) is 34.4 Å². The van der Waals surface area contributed by atoms with Crippen LogP contribution in [0.1, 0.15) is 42.0 Å². The van der Waals surface area contributed by atoms with Gasteiger partial charge in [-0.1, -0.05) is 18.2 Å². The third-order valence-corrected chi connectivity index (χ3v) is 6.14. The molecule has 4 rings (SSSR count). The fourth-order valence-corrected chi connectivity index (χ4v) is 4.63. The first-order valence-corrected chi connectivity index (χ1v) is 10.6. The lowest BCUT2D eigenvalue weighted by Crippen LogP contribution is -2.49. The summed E-state index contributed by atoms with van der Waals surface area (Å²) in [6.07, 6.45) is -3.49. The number of carbonyl (C=O) groups excluding carboxylic acids is 2. The molecule has 0 spiro atoms. The van der Waals surface area contributed by atoms with Crippen LogP contribution in [0.25, 0.3) is 0 Å². The summed E-state index contributed by atoms with van der Waals surface area (Å²) < 4.78 is 40.2. The van der Waals surface area contributed by atoms with Crippen molar-refractivity contribution in [2.45, 2.75) is 44.4 Å². The molecule has 2 atom stereocenters. The van der Waals surface area contributed by atoms with E-state index in [4.69, 9.17) is 0 Å². The van der Waals surface area contributed by atoms with Crippen LogP contribution in [0, 0.1) is 5.92 Å². The molecule has 170 valence electrons. The normalized spacial score (nSPS) is 19.9. The van der Waals surface area contributed by atoms with Gasteiger partial charge in [-0.3, -0.25) is 14.4 Å². The van der Waals surface area contributed by atoms with Gasteiger partial charge in [-0.05, 0) is 36.1 Å². The fraction of sp³-hybridized carbons (Fsp3) is 0.435. The van der Waals surface area contributed by atoms with Gasteiger partial charge < -0.3 is 14.8 Å². The Morgan fingerprint density at radius 3 is 2.59 bits per heavy atom. The summed E-state index contributed by atoms with van der Waals surface area (Å²) in [4.78, 5) is 38.7. The van der Waals surface area contributed by atoms with Gasteiger partial charge in [0.15, 0.2) is 0 Å². The maximum absolute atomic E-state index is 12.8. The maximum Gasteiger partial charge on any atom is 0.416 e. The highest BCUT2D eigenvalue weighted by Gasteiger charge is 2.36. The predicted octanol–water partition coefficient (Wildman–Crippen LogP) is 2.91. The van der Waals surface area contributed by atoms with Gasteiger partial charge in [-0.25, -0.2) is 0 Å². The first kappa shape index (κ1) is 22.1. The Morgan fingerprint density at radius 2 is 1.81 bits per heavy atom. The number of alkyl halides is 3. The third kappa shape index (κ3) is 4.87. The van der Waals surface area contributed by atoms with E-state index in [1.165, 1.54) is 12.1 Å². The lowest BCUT2D eigenvalue weighted by molar-refractivity contribution is -0.137. The summed E-state index contributed by atoms with van der Waals surface area (Å²) in [5.41, 5.74) is 0.510. The first-order valence-electron chi connectivity index (χ1n) is 10.6. The van der Waals surface area contributed by atoms with Gasteiger partial charge in [0.05, 0.1) is 5.56 Å². The van der Waals surface area contributed by atoms with Crippen LogP contribution in [-0.2, 0) is 28.9 Å². The Hall–Kier alpha value is -3.10. The predicted molar refractivity (Wildman–Crippen MR) is 111 cm³/mol. The molecule has 1 aromatic carbocycles. The minimum absolute atomic E-state index is 0.0191. The van der Waals surface area contributed by atoms with Crippen molar-refractivity contribution in [2.24, 2.45) is 5.92 Å². The fourth-order valence-electron chi connectivity index (χ4n) is 4.63. The zero-order valence-electron chi connectivity index (χ0n) is 17.4. The maximum atomic E-state index is 12.8. The van der Waals surface area contributed by atoms with Gasteiger partial charge in [0.25, 0.3) is 5.56 Å². The van der Waals surface area contributed by atoms with Crippen LogP contribution in [0.5, 0.6) is 0 Å². The summed E-state index contributed by atoms with van der Waals surface area (Å²) in [7, 11) is 0. The van der Waals surface area contributed by atoms with E-state index in [-0.39, 0.29) is 48.6 Å². The number of carbonyl (C=O) groups is 2. The molecule has 1 saturated heterocycles. The van der Waals surface area contributed by atoms with Crippen molar-refractivity contribution in [1.29, 1.82) is 0 Å². The lowest BCUT2D eigenvalue weighted by atomic mass is 9.83. The molecule has 2 bridgehead atoms. The van der Waals surface area contributed by atoms with Crippen LogP contribution in [0.4, 0.5) is 13.2 Å². The van der Waals surface area contributed by atoms with Crippen molar-refractivity contribution < 1.29 is 22.8 Å². The topological polar surface area (TPSA) is 71.4 Å². The van der Waals surface area contributed by atoms with Gasteiger partial charge in [0, 0.05) is 56.7 Å². The monoisotopic (exact) mass is 447 g/mol. The van der Waals surface area contributed by atoms with Crippen molar-refractivity contribution in [3.63, 3.8) is 0 Å². The van der Waals surface area contributed by atoms with Crippen molar-refractivity contribution in [2.75, 3.05) is 13.1 Å². The molecule has 2 aliphatic rings. The molecule has 0 radical (unpaired) electrons. The number of nitrogens with zero attached hydrogens (tertiary/aromatic N) is 2. The van der Waals surface area contributed by atoms with Gasteiger partial charge in [-0.15, -0.1) is 0 Å². The second-order valence-corrected chi connectivity index (χ2v) is 8.47. The van der Waals surface area contributed by atoms with Gasteiger partial charge in [-0.2, -0.15) is 13.2 Å². The number of hydrogen-bond acceptors (Lipinski definition) is 3. The number of likely N-dealkylation sites (tertiary alicyclic amines) is 1. The number of pyridine rings is 1. The Labute approximate surface area is 183 Å². The summed E-state index contributed by atoms with van der Waals surface area (Å²) in [5.74, 6) is -0.194. The number of benzene rings is 1. The number of rotatable bonds is 5. The van der Waals surface area contributed by atoms with Gasteiger partial charge in [0.1, 0.15) is 0 Å². The number of aromatic nitrogens is 1. The van der Waals surface area contributed by atoms with Crippen LogP contribution < -0.4 is 10.9 Å². The van der Waals surface area contributed by atoms with Crippen molar-refractivity contribution in [3.8, 4) is 0 Å². The first-order chi connectivity index (χ1) is 15.2. The minimum atomic E-state index is -4.44. The van der Waals surface area contributed by atoms with E-state index in [1.807, 2.05) is 6.07 Å². The Balaban J connectivity index is 1.28. The highest BCUT2D eigenvalue weighted by molar-refractivity contribution is 5.83. The molecule has 0 saturated carbocycles. The SMILES string of the molecule is O=C(CCC(=O)N1C[C@H]2C[C@H](C1)c1cccc(=O)n1C2)NCc1cccc(C(F)(F)F)c1. The molecule has 1 aromatic heterocycles. The standard InChI is InChI=1S/C23H24F3N3O3/c24-23(25,26)18-4-1-3-15(10-18)11-27-20(30)7-8-21(31)28-12-16-9-17(14-28)19-5-2-6-22(32)29(19)13-16/h1-6,10,16-17H,7-9,11-14H2,(H,27,30)/t16-,17-/m1/s1. The van der Waals surface area contributed by atoms with E-state index >= 15 is 0 Å². The van der Waals surface area contributed by atoms with E-state index in [9.17, 15) is 27.6 Å². The summed E-state index contributed by atoms with van der Waals surface area (Å²) in [6, 6.07) is 10.0. The number of halogens is 3. The zero-order chi connectivity index (χ0) is 22.9. The molecular weight excluding hydrogens is 423 g/mol. The molecule has 2 aromatic rings. The highest BCUT2D eigenvalue weighted by atomic mass is 19.4. The summed E-state index contributed by atoms with van der Waals surface area (Å²) >= 11 is 0. The minimum Gasteiger partial charge on any atom is -0.352 e. The van der Waals surface area contributed by atoms with Gasteiger partial charge in [0.2, 0.25) is 11.8 Å². The number of piperidine rings is 1. The number of amides is 2. The summed E-state index contributed by atoms with van der Waals surface area (Å²) in [6.45, 7) is 1.63. The third-order valence-electron chi connectivity index (χ3n) is 6.14. The smallest absolute Gasteiger partial charge is 0.352 e. The molecule has 0 aliphatic carbocycles. The van der Waals surface area contributed by atoms with Crippen molar-refractivity contribution >= 4 is 11.8 Å². The number of nitrogens with one attached hydrogen (secondary N) is 1. The summed E-state index contributed by atoms with van der Waals surface area (Å²) in [5, 5.41) is 2.58. The Kier molecular flexibility index (Phi) is 6.08. The molecule has 3 heterocycles. The van der Waals surface area contributed by atoms with Crippen LogP contribution in [0.15, 0.2) is 47.3 Å². The van der Waals surface area contributed by atoms with E-state index in [0.717, 1.165) is 24.2 Å². The van der Waals surface area contributed by atoms with Crippen LogP contribution in [0.3, 0.4) is 0 Å². The average molecular weight is 447 g/mol. The van der Waals surface area contributed by atoms with Crippen LogP contribution in [0.2, 0.25) is 0 Å². The molecule has 1 fully saturated rings. The molecule has 1 N–H and O–H groups in total. The molecule has 6 nitrogen and oxygen atoms in total. The van der Waals surface area contributed by atoms with E-state index < -0.39 is 11.7 Å². The van der Waals surface area contributed by atoms with Gasteiger partial charge >= 0.3 is 6.18 Å². The van der Waals surface area contributed by atoms with Crippen LogP contribution >= 0.6 is 0 Å². The Morgan fingerprint density at radius 1 is 1.03 bits per heavy atom. The number of hydrogen-bond donors (Lipinski definition) is 1. The molecule has 0 unspecified atom stereocenters. The molecule has 2 aliphatic heterocycles. The largest absolute Gasteiger partial charge is 0.416 e. The molecular formula is C23H24F3N3O3. The average Bonchev–Trinajstić information content (AvgIpc) is 2.76. The molecule has 2 amide bonds. The highest BCUT2D eigenvalue weighted by Crippen LogP contribution is 2.35. The Bertz CT molecular complexity index is 1080. The second-order valence-electron chi connectivity index (χ2n) is 8.47. The van der Waals surface area contributed by atoms with Crippen molar-refractivity contribution in [1.82, 2.24) is 14.8 Å². The zero-order valence-corrected chi connectivity index (χ0v) is 17.4.